The molecule has 0 aliphatic carbocycles. The fourth-order valence-corrected chi connectivity index (χ4v) is 6.30. The van der Waals surface area contributed by atoms with Gasteiger partial charge in [-0.05, 0) is 65.9 Å². The number of nitrogens with one attached hydrogen (secondary N) is 1. The van der Waals surface area contributed by atoms with Crippen molar-refractivity contribution in [1.29, 1.82) is 5.26 Å². The number of nitriles is 1. The first kappa shape index (κ1) is 32.5. The van der Waals surface area contributed by atoms with Gasteiger partial charge in [0.2, 0.25) is 0 Å². The zero-order valence-electron chi connectivity index (χ0n) is 23.0. The summed E-state index contributed by atoms with van der Waals surface area (Å²) in [5.74, 6) is 1.59. The molecule has 1 aromatic rings. The molecule has 0 amide bonds. The standard InChI is InChI=1S/C24H41N5O7P2/c1-17(2)29(18(3)4)37(34-15-8-12-26)36-21-19(10-16-38(5,6)32)35-23(22(21)33-14-7-11-25)28-13-9-20(30)27-24(28)31/h9-10,13,16-19,21-23H,7-8,11,14-15,25H2,1-6H3,(H,27,30,31)/b16-10+/t19-,21-,22-,23-,37?/m1/s1. The highest BCUT2D eigenvalue weighted by Crippen LogP contribution is 2.51. The van der Waals surface area contributed by atoms with Crippen molar-refractivity contribution in [2.75, 3.05) is 33.1 Å². The number of nitrogens with two attached hydrogens (primary N) is 1. The summed E-state index contributed by atoms with van der Waals surface area (Å²) < 4.78 is 41.0. The van der Waals surface area contributed by atoms with Crippen LogP contribution in [-0.4, -0.2) is 77.7 Å². The lowest BCUT2D eigenvalue weighted by atomic mass is 10.1. The number of hydrogen-bond donors (Lipinski definition) is 2. The molecule has 1 fully saturated rings. The maximum atomic E-state index is 12.7. The maximum absolute atomic E-state index is 12.7. The summed E-state index contributed by atoms with van der Waals surface area (Å²) in [5.41, 5.74) is 4.49. The lowest BCUT2D eigenvalue weighted by Gasteiger charge is -2.38. The number of ether oxygens (including phenoxy) is 2. The lowest BCUT2D eigenvalue weighted by molar-refractivity contribution is -0.0670. The molecule has 0 radical (unpaired) electrons. The molecule has 1 aliphatic rings. The third kappa shape index (κ3) is 9.51. The molecule has 14 heteroatoms. The van der Waals surface area contributed by atoms with E-state index in [0.717, 1.165) is 0 Å². The highest BCUT2D eigenvalue weighted by atomic mass is 31.2. The van der Waals surface area contributed by atoms with Crippen LogP contribution >= 0.6 is 15.7 Å². The largest absolute Gasteiger partial charge is 0.371 e. The fraction of sp³-hybridized carbons (Fsp3) is 0.708. The molecule has 2 rings (SSSR count). The number of H-pyrrole nitrogens is 1. The molecule has 2 heterocycles. The first-order chi connectivity index (χ1) is 17.9. The zero-order chi connectivity index (χ0) is 28.5. The van der Waals surface area contributed by atoms with Crippen LogP contribution in [0, 0.1) is 11.3 Å². The van der Waals surface area contributed by atoms with Crippen molar-refractivity contribution in [3.63, 3.8) is 0 Å². The van der Waals surface area contributed by atoms with E-state index in [1.807, 2.05) is 27.7 Å². The number of hydrogen-bond acceptors (Lipinski definition) is 10. The van der Waals surface area contributed by atoms with E-state index in [1.165, 1.54) is 16.8 Å². The van der Waals surface area contributed by atoms with Gasteiger partial charge in [0.1, 0.15) is 25.5 Å². The van der Waals surface area contributed by atoms with Gasteiger partial charge in [0, 0.05) is 31.0 Å². The van der Waals surface area contributed by atoms with E-state index in [1.54, 1.807) is 25.2 Å². The number of rotatable bonds is 15. The Hall–Kier alpha value is -1.67. The Kier molecular flexibility index (Phi) is 13.0. The fourth-order valence-electron chi connectivity index (χ4n) is 3.96. The molecule has 1 aromatic heterocycles. The van der Waals surface area contributed by atoms with Crippen LogP contribution in [0.25, 0.3) is 0 Å². The van der Waals surface area contributed by atoms with E-state index in [0.29, 0.717) is 13.0 Å². The third-order valence-electron chi connectivity index (χ3n) is 5.52. The molecule has 0 bridgehead atoms. The molecule has 0 saturated carbocycles. The number of nitrogens with zero attached hydrogens (tertiary/aromatic N) is 3. The van der Waals surface area contributed by atoms with Gasteiger partial charge in [-0.2, -0.15) is 5.26 Å². The SMILES string of the molecule is CC(C)N(C(C)C)P(OCCC#N)O[C@H]1[C@@H](OCCCN)[C@H](n2ccc(=O)[nH]c2=O)O[C@@H]1/C=C/P(C)(C)=O. The van der Waals surface area contributed by atoms with E-state index in [4.69, 9.17) is 29.5 Å². The molecular weight excluding hydrogens is 532 g/mol. The predicted octanol–water partition coefficient (Wildman–Crippen LogP) is 2.97. The van der Waals surface area contributed by atoms with Crippen LogP contribution in [0.1, 0.15) is 46.8 Å². The predicted molar refractivity (Wildman–Crippen MR) is 147 cm³/mol. The van der Waals surface area contributed by atoms with E-state index in [9.17, 15) is 14.2 Å². The van der Waals surface area contributed by atoms with E-state index >= 15 is 0 Å². The second-order valence-corrected chi connectivity index (χ2v) is 14.5. The van der Waals surface area contributed by atoms with Crippen LogP contribution in [0.4, 0.5) is 0 Å². The van der Waals surface area contributed by atoms with Gasteiger partial charge < -0.3 is 28.8 Å². The van der Waals surface area contributed by atoms with Gasteiger partial charge in [-0.3, -0.25) is 14.3 Å². The third-order valence-corrected chi connectivity index (χ3v) is 8.54. The summed E-state index contributed by atoms with van der Waals surface area (Å²) in [6.07, 6.45) is 0.503. The Bertz CT molecular complexity index is 1100. The molecule has 1 aliphatic heterocycles. The average molecular weight is 574 g/mol. The van der Waals surface area contributed by atoms with Crippen molar-refractivity contribution >= 4 is 15.7 Å². The molecule has 214 valence electrons. The highest BCUT2D eigenvalue weighted by Gasteiger charge is 2.49. The van der Waals surface area contributed by atoms with Gasteiger partial charge in [-0.1, -0.05) is 0 Å². The Balaban J connectivity index is 2.57. The smallest absolute Gasteiger partial charge is 0.330 e. The van der Waals surface area contributed by atoms with Gasteiger partial charge in [0.15, 0.2) is 6.23 Å². The summed E-state index contributed by atoms with van der Waals surface area (Å²) in [7, 11) is -4.25. The number of aromatic amines is 1. The molecule has 12 nitrogen and oxygen atoms in total. The second-order valence-electron chi connectivity index (χ2n) is 9.88. The van der Waals surface area contributed by atoms with Crippen molar-refractivity contribution in [2.24, 2.45) is 5.73 Å². The summed E-state index contributed by atoms with van der Waals surface area (Å²) in [5, 5.41) is 9.06. The average Bonchev–Trinajstić information content (AvgIpc) is 3.14. The van der Waals surface area contributed by atoms with E-state index in [2.05, 4.69) is 15.7 Å². The van der Waals surface area contributed by atoms with E-state index in [-0.39, 0.29) is 31.7 Å². The highest BCUT2D eigenvalue weighted by molar-refractivity contribution is 7.65. The van der Waals surface area contributed by atoms with Crippen LogP contribution < -0.4 is 17.0 Å². The Morgan fingerprint density at radius 1 is 1.26 bits per heavy atom. The molecule has 1 unspecified atom stereocenters. The maximum Gasteiger partial charge on any atom is 0.330 e. The minimum Gasteiger partial charge on any atom is -0.371 e. The van der Waals surface area contributed by atoms with Crippen LogP contribution in [-0.2, 0) is 23.1 Å². The monoisotopic (exact) mass is 573 g/mol. The second kappa shape index (κ2) is 15.2. The first-order valence-electron chi connectivity index (χ1n) is 12.7. The lowest BCUT2D eigenvalue weighted by Crippen LogP contribution is -2.41. The molecule has 5 atom stereocenters. The summed E-state index contributed by atoms with van der Waals surface area (Å²) in [6, 6.07) is 3.42. The molecule has 0 spiro atoms. The van der Waals surface area contributed by atoms with Crippen molar-refractivity contribution in [1.82, 2.24) is 14.2 Å². The van der Waals surface area contributed by atoms with Crippen LogP contribution in [0.3, 0.4) is 0 Å². The minimum absolute atomic E-state index is 0.0558. The summed E-state index contributed by atoms with van der Waals surface area (Å²) >= 11 is 0. The number of aromatic nitrogens is 2. The van der Waals surface area contributed by atoms with Crippen molar-refractivity contribution in [3.05, 3.63) is 45.0 Å². The first-order valence-corrected chi connectivity index (χ1v) is 16.5. The van der Waals surface area contributed by atoms with Crippen LogP contribution in [0.15, 0.2) is 33.7 Å². The molecule has 3 N–H and O–H groups in total. The minimum atomic E-state index is -2.57. The van der Waals surface area contributed by atoms with Crippen LogP contribution in [0.2, 0.25) is 0 Å². The molecule has 1 saturated heterocycles. The zero-order valence-corrected chi connectivity index (χ0v) is 24.8. The van der Waals surface area contributed by atoms with Gasteiger partial charge in [-0.25, -0.2) is 9.46 Å². The molecule has 38 heavy (non-hydrogen) atoms. The van der Waals surface area contributed by atoms with Gasteiger partial charge in [0.25, 0.3) is 14.1 Å². The van der Waals surface area contributed by atoms with Gasteiger partial charge in [-0.15, -0.1) is 0 Å². The van der Waals surface area contributed by atoms with Crippen molar-refractivity contribution in [3.8, 4) is 6.07 Å². The Morgan fingerprint density at radius 2 is 1.95 bits per heavy atom. The topological polar surface area (TPSA) is 162 Å². The Labute approximate surface area is 225 Å². The van der Waals surface area contributed by atoms with E-state index < -0.39 is 51.5 Å². The van der Waals surface area contributed by atoms with Crippen molar-refractivity contribution in [2.45, 2.75) is 77.2 Å². The van der Waals surface area contributed by atoms with Crippen LogP contribution in [0.5, 0.6) is 0 Å². The Morgan fingerprint density at radius 3 is 2.50 bits per heavy atom. The molecular formula is C24H41N5O7P2. The van der Waals surface area contributed by atoms with Crippen molar-refractivity contribution < 1.29 is 23.1 Å². The quantitative estimate of drug-likeness (QED) is 0.236. The normalized spacial score (nSPS) is 23.1. The molecule has 0 aromatic carbocycles. The summed E-state index contributed by atoms with van der Waals surface area (Å²) in [6.45, 7) is 12.2. The summed E-state index contributed by atoms with van der Waals surface area (Å²) in [4.78, 5) is 26.7. The van der Waals surface area contributed by atoms with Gasteiger partial charge in [0.05, 0.1) is 19.1 Å². The van der Waals surface area contributed by atoms with Gasteiger partial charge >= 0.3 is 5.69 Å².